The number of fused-ring (bicyclic) bond motifs is 1. The van der Waals surface area contributed by atoms with Crippen molar-refractivity contribution in [1.29, 1.82) is 0 Å². The summed E-state index contributed by atoms with van der Waals surface area (Å²) >= 11 is 1.29. The molecule has 0 saturated carbocycles. The van der Waals surface area contributed by atoms with E-state index in [1.165, 1.54) is 11.8 Å². The zero-order valence-corrected chi connectivity index (χ0v) is 20.1. The van der Waals surface area contributed by atoms with Gasteiger partial charge >= 0.3 is 0 Å². The summed E-state index contributed by atoms with van der Waals surface area (Å²) < 4.78 is 12.4. The number of methoxy groups -OCH3 is 1. The molecule has 1 saturated heterocycles. The maximum absolute atomic E-state index is 13.7. The Hall–Kier alpha value is -3.62. The largest absolute Gasteiger partial charge is 0.497 e. The number of morpholine rings is 1. The van der Waals surface area contributed by atoms with Crippen LogP contribution in [0.15, 0.2) is 88.8 Å². The molecule has 1 aliphatic rings. The number of thioether (sulfide) groups is 1. The minimum Gasteiger partial charge on any atom is -0.497 e. The third-order valence-electron chi connectivity index (χ3n) is 5.93. The van der Waals surface area contributed by atoms with Crippen molar-refractivity contribution in [1.82, 2.24) is 14.5 Å². The molecule has 1 fully saturated rings. The first-order valence-corrected chi connectivity index (χ1v) is 12.3. The van der Waals surface area contributed by atoms with Crippen LogP contribution in [0.5, 0.6) is 5.75 Å². The lowest BCUT2D eigenvalue weighted by atomic mass is 10.1. The Morgan fingerprint density at radius 2 is 1.74 bits per heavy atom. The van der Waals surface area contributed by atoms with E-state index in [1.807, 2.05) is 71.6 Å². The van der Waals surface area contributed by atoms with Crippen LogP contribution in [-0.2, 0) is 9.53 Å². The molecule has 1 aromatic heterocycles. The summed E-state index contributed by atoms with van der Waals surface area (Å²) in [7, 11) is 1.59. The number of carbonyl (C=O) groups is 1. The molecule has 0 aliphatic carbocycles. The molecule has 3 aromatic carbocycles. The van der Waals surface area contributed by atoms with E-state index in [0.717, 1.165) is 5.56 Å². The fourth-order valence-electron chi connectivity index (χ4n) is 4.11. The third-order valence-corrected chi connectivity index (χ3v) is 7.12. The molecule has 0 bridgehead atoms. The lowest BCUT2D eigenvalue weighted by molar-refractivity contribution is -0.134. The van der Waals surface area contributed by atoms with Crippen LogP contribution in [0.4, 0.5) is 0 Å². The van der Waals surface area contributed by atoms with Gasteiger partial charge in [0.1, 0.15) is 11.0 Å². The summed E-state index contributed by atoms with van der Waals surface area (Å²) in [5, 5.41) is 0.382. The predicted molar refractivity (Wildman–Crippen MR) is 136 cm³/mol. The topological polar surface area (TPSA) is 73.7 Å². The van der Waals surface area contributed by atoms with Gasteiger partial charge in [0, 0.05) is 19.2 Å². The first-order chi connectivity index (χ1) is 17.2. The molecule has 1 aliphatic heterocycles. The van der Waals surface area contributed by atoms with Crippen LogP contribution in [0.3, 0.4) is 0 Å². The van der Waals surface area contributed by atoms with Crippen LogP contribution in [0.25, 0.3) is 16.6 Å². The molecule has 7 nitrogen and oxygen atoms in total. The maximum atomic E-state index is 13.7. The zero-order valence-electron chi connectivity index (χ0n) is 19.3. The average Bonchev–Trinajstić information content (AvgIpc) is 2.92. The molecule has 0 radical (unpaired) electrons. The highest BCUT2D eigenvalue weighted by molar-refractivity contribution is 8.00. The number of para-hydroxylation sites is 1. The Morgan fingerprint density at radius 1 is 1.00 bits per heavy atom. The molecule has 2 heterocycles. The predicted octanol–water partition coefficient (Wildman–Crippen LogP) is 4.09. The summed E-state index contributed by atoms with van der Waals surface area (Å²) in [5.74, 6) is 0.603. The van der Waals surface area contributed by atoms with E-state index < -0.39 is 5.25 Å². The average molecular weight is 488 g/mol. The summed E-state index contributed by atoms with van der Waals surface area (Å²) in [6.07, 6.45) is 0. The van der Waals surface area contributed by atoms with Crippen molar-refractivity contribution in [3.05, 3.63) is 94.8 Å². The summed E-state index contributed by atoms with van der Waals surface area (Å²) in [4.78, 5) is 34.1. The SMILES string of the molecule is COc1cccc(-n2c(SC(C(=O)N3CCOCC3)c3ccccc3)nc3ccccc3c2=O)c1. The number of amides is 1. The molecule has 0 spiro atoms. The number of aromatic nitrogens is 2. The first-order valence-electron chi connectivity index (χ1n) is 11.4. The van der Waals surface area contributed by atoms with Crippen molar-refractivity contribution in [2.45, 2.75) is 10.4 Å². The third kappa shape index (κ3) is 4.80. The van der Waals surface area contributed by atoms with Gasteiger partial charge in [-0.15, -0.1) is 0 Å². The van der Waals surface area contributed by atoms with E-state index in [2.05, 4.69) is 0 Å². The Morgan fingerprint density at radius 3 is 2.51 bits per heavy atom. The van der Waals surface area contributed by atoms with E-state index in [4.69, 9.17) is 14.5 Å². The fourth-order valence-corrected chi connectivity index (χ4v) is 5.31. The number of rotatable bonds is 6. The highest BCUT2D eigenvalue weighted by Gasteiger charge is 2.30. The van der Waals surface area contributed by atoms with E-state index in [0.29, 0.717) is 53.8 Å². The van der Waals surface area contributed by atoms with Crippen LogP contribution in [0, 0.1) is 0 Å². The van der Waals surface area contributed by atoms with Crippen molar-refractivity contribution in [2.75, 3.05) is 33.4 Å². The monoisotopic (exact) mass is 487 g/mol. The highest BCUT2D eigenvalue weighted by atomic mass is 32.2. The maximum Gasteiger partial charge on any atom is 0.266 e. The van der Waals surface area contributed by atoms with Crippen molar-refractivity contribution >= 4 is 28.6 Å². The summed E-state index contributed by atoms with van der Waals surface area (Å²) in [5.41, 5.74) is 1.87. The van der Waals surface area contributed by atoms with E-state index in [9.17, 15) is 9.59 Å². The van der Waals surface area contributed by atoms with Crippen molar-refractivity contribution < 1.29 is 14.3 Å². The van der Waals surface area contributed by atoms with Gasteiger partial charge in [-0.3, -0.25) is 14.2 Å². The Kier molecular flexibility index (Phi) is 6.83. The lowest BCUT2D eigenvalue weighted by Gasteiger charge is -2.30. The molecular formula is C27H25N3O4S. The van der Waals surface area contributed by atoms with Gasteiger partial charge in [0.2, 0.25) is 5.91 Å². The molecule has 35 heavy (non-hydrogen) atoms. The molecular weight excluding hydrogens is 462 g/mol. The van der Waals surface area contributed by atoms with Gasteiger partial charge in [0.05, 0.1) is 36.9 Å². The van der Waals surface area contributed by atoms with Gasteiger partial charge in [0.25, 0.3) is 5.56 Å². The molecule has 0 N–H and O–H groups in total. The molecule has 178 valence electrons. The number of hydrogen-bond acceptors (Lipinski definition) is 6. The van der Waals surface area contributed by atoms with E-state index >= 15 is 0 Å². The Bertz CT molecular complexity index is 1400. The van der Waals surface area contributed by atoms with Crippen LogP contribution in [0.2, 0.25) is 0 Å². The zero-order chi connectivity index (χ0) is 24.2. The number of ether oxygens (including phenoxy) is 2. The second kappa shape index (κ2) is 10.3. The van der Waals surface area contributed by atoms with Gasteiger partial charge in [-0.2, -0.15) is 0 Å². The van der Waals surface area contributed by atoms with E-state index in [1.54, 1.807) is 23.8 Å². The quantitative estimate of drug-likeness (QED) is 0.301. The number of carbonyl (C=O) groups excluding carboxylic acids is 1. The Balaban J connectivity index is 1.66. The van der Waals surface area contributed by atoms with Gasteiger partial charge in [-0.1, -0.05) is 60.3 Å². The van der Waals surface area contributed by atoms with Crippen molar-refractivity contribution in [3.63, 3.8) is 0 Å². The van der Waals surface area contributed by atoms with Gasteiger partial charge < -0.3 is 14.4 Å². The smallest absolute Gasteiger partial charge is 0.266 e. The van der Waals surface area contributed by atoms with Crippen LogP contribution in [-0.4, -0.2) is 53.8 Å². The summed E-state index contributed by atoms with van der Waals surface area (Å²) in [6, 6.07) is 24.2. The van der Waals surface area contributed by atoms with Crippen molar-refractivity contribution in [3.8, 4) is 11.4 Å². The molecule has 1 unspecified atom stereocenters. The molecule has 8 heteroatoms. The highest BCUT2D eigenvalue weighted by Crippen LogP contribution is 2.37. The number of nitrogens with zero attached hydrogens (tertiary/aromatic N) is 3. The molecule has 5 rings (SSSR count). The number of benzene rings is 3. The Labute approximate surface area is 207 Å². The lowest BCUT2D eigenvalue weighted by Crippen LogP contribution is -2.42. The van der Waals surface area contributed by atoms with Crippen LogP contribution < -0.4 is 10.3 Å². The summed E-state index contributed by atoms with van der Waals surface area (Å²) in [6.45, 7) is 2.11. The van der Waals surface area contributed by atoms with Crippen LogP contribution in [0.1, 0.15) is 10.8 Å². The second-order valence-electron chi connectivity index (χ2n) is 8.10. The molecule has 4 aromatic rings. The molecule has 1 amide bonds. The molecule has 1 atom stereocenters. The fraction of sp³-hybridized carbons (Fsp3) is 0.222. The normalized spacial score (nSPS) is 14.6. The van der Waals surface area contributed by atoms with Crippen molar-refractivity contribution in [2.24, 2.45) is 0 Å². The first kappa shape index (κ1) is 23.1. The van der Waals surface area contributed by atoms with E-state index in [-0.39, 0.29) is 11.5 Å². The standard InChI is InChI=1S/C27H25N3O4S/c1-33-21-11-7-10-20(18-21)30-25(31)22-12-5-6-13-23(22)28-27(30)35-24(19-8-3-2-4-9-19)26(32)29-14-16-34-17-15-29/h2-13,18,24H,14-17H2,1H3. The minimum absolute atomic E-state index is 0.0240. The minimum atomic E-state index is -0.570. The van der Waals surface area contributed by atoms with Gasteiger partial charge in [0.15, 0.2) is 5.16 Å². The second-order valence-corrected chi connectivity index (χ2v) is 9.17. The van der Waals surface area contributed by atoms with Gasteiger partial charge in [-0.05, 0) is 29.8 Å². The number of hydrogen-bond donors (Lipinski definition) is 0. The van der Waals surface area contributed by atoms with Gasteiger partial charge in [-0.25, -0.2) is 4.98 Å². The van der Waals surface area contributed by atoms with Crippen LogP contribution >= 0.6 is 11.8 Å².